The standard InChI is InChI=1S/C19H24FN3O5/c1-12(17(25)23-19(27)22-15-5-3-2-4-6-15)28-16(24)11-21-18(26)13-7-9-14(20)10-8-13/h7-10,12,15H,2-6,11H2,1H3,(H,21,26)(H2,22,23,25,27)/t12-/m0/s1. The van der Waals surface area contributed by atoms with Crippen LogP contribution in [-0.2, 0) is 14.3 Å². The summed E-state index contributed by atoms with van der Waals surface area (Å²) in [6.45, 7) is 0.852. The number of hydrogen-bond acceptors (Lipinski definition) is 5. The molecule has 2 rings (SSSR count). The molecule has 0 bridgehead atoms. The average molecular weight is 393 g/mol. The van der Waals surface area contributed by atoms with Crippen molar-refractivity contribution in [1.29, 1.82) is 0 Å². The Hall–Kier alpha value is -2.97. The average Bonchev–Trinajstić information content (AvgIpc) is 2.67. The zero-order valence-corrected chi connectivity index (χ0v) is 15.6. The fourth-order valence-corrected chi connectivity index (χ4v) is 2.83. The van der Waals surface area contributed by atoms with E-state index < -0.39 is 42.3 Å². The second-order valence-corrected chi connectivity index (χ2v) is 6.62. The van der Waals surface area contributed by atoms with E-state index >= 15 is 0 Å². The molecule has 0 saturated heterocycles. The van der Waals surface area contributed by atoms with Gasteiger partial charge in [0.25, 0.3) is 11.8 Å². The highest BCUT2D eigenvalue weighted by molar-refractivity contribution is 5.98. The van der Waals surface area contributed by atoms with Crippen LogP contribution in [0.1, 0.15) is 49.4 Å². The molecule has 0 radical (unpaired) electrons. The van der Waals surface area contributed by atoms with Gasteiger partial charge in [0.1, 0.15) is 12.4 Å². The van der Waals surface area contributed by atoms with Crippen LogP contribution < -0.4 is 16.0 Å². The third-order valence-corrected chi connectivity index (χ3v) is 4.35. The van der Waals surface area contributed by atoms with Gasteiger partial charge in [-0.15, -0.1) is 0 Å². The van der Waals surface area contributed by atoms with Crippen LogP contribution in [0, 0.1) is 5.82 Å². The molecule has 0 spiro atoms. The third-order valence-electron chi connectivity index (χ3n) is 4.35. The van der Waals surface area contributed by atoms with E-state index in [1.807, 2.05) is 0 Å². The normalized spacial score (nSPS) is 15.2. The van der Waals surface area contributed by atoms with E-state index in [1.54, 1.807) is 0 Å². The van der Waals surface area contributed by atoms with E-state index in [9.17, 15) is 23.6 Å². The Balaban J connectivity index is 1.70. The first kappa shape index (κ1) is 21.3. The summed E-state index contributed by atoms with van der Waals surface area (Å²) in [4.78, 5) is 47.4. The minimum atomic E-state index is -1.20. The molecular formula is C19H24FN3O5. The van der Waals surface area contributed by atoms with Gasteiger partial charge >= 0.3 is 12.0 Å². The van der Waals surface area contributed by atoms with E-state index in [0.29, 0.717) is 0 Å². The number of rotatable bonds is 6. The minimum Gasteiger partial charge on any atom is -0.451 e. The van der Waals surface area contributed by atoms with Crippen molar-refractivity contribution in [2.45, 2.75) is 51.2 Å². The molecule has 152 valence electrons. The number of esters is 1. The first-order valence-electron chi connectivity index (χ1n) is 9.19. The van der Waals surface area contributed by atoms with Crippen molar-refractivity contribution in [2.75, 3.05) is 6.54 Å². The number of carbonyl (C=O) groups is 4. The Labute approximate surface area is 162 Å². The molecule has 1 aliphatic carbocycles. The Morgan fingerprint density at radius 2 is 1.75 bits per heavy atom. The maximum atomic E-state index is 12.8. The van der Waals surface area contributed by atoms with E-state index in [4.69, 9.17) is 4.74 Å². The number of halogens is 1. The monoisotopic (exact) mass is 393 g/mol. The Bertz CT molecular complexity index is 717. The van der Waals surface area contributed by atoms with Gasteiger partial charge in [0.05, 0.1) is 0 Å². The number of imide groups is 1. The molecule has 1 aromatic rings. The van der Waals surface area contributed by atoms with Crippen molar-refractivity contribution in [3.05, 3.63) is 35.6 Å². The summed E-state index contributed by atoms with van der Waals surface area (Å²) in [5, 5.41) is 7.17. The summed E-state index contributed by atoms with van der Waals surface area (Å²) < 4.78 is 17.7. The number of carbonyl (C=O) groups excluding carboxylic acids is 4. The van der Waals surface area contributed by atoms with Gasteiger partial charge in [0.15, 0.2) is 6.10 Å². The number of benzene rings is 1. The zero-order valence-electron chi connectivity index (χ0n) is 15.6. The van der Waals surface area contributed by atoms with Gasteiger partial charge in [-0.2, -0.15) is 0 Å². The van der Waals surface area contributed by atoms with Crippen molar-refractivity contribution in [3.8, 4) is 0 Å². The molecule has 4 amide bonds. The molecule has 3 N–H and O–H groups in total. The van der Waals surface area contributed by atoms with Gasteiger partial charge in [-0.1, -0.05) is 19.3 Å². The Morgan fingerprint density at radius 3 is 2.39 bits per heavy atom. The summed E-state index contributed by atoms with van der Waals surface area (Å²) in [7, 11) is 0. The highest BCUT2D eigenvalue weighted by atomic mass is 19.1. The summed E-state index contributed by atoms with van der Waals surface area (Å²) in [6, 6.07) is 4.22. The van der Waals surface area contributed by atoms with Crippen LogP contribution in [0.2, 0.25) is 0 Å². The molecule has 0 aromatic heterocycles. The van der Waals surface area contributed by atoms with E-state index in [2.05, 4.69) is 16.0 Å². The lowest BCUT2D eigenvalue weighted by Crippen LogP contribution is -2.48. The Kier molecular flexibility index (Phi) is 7.91. The predicted octanol–water partition coefficient (Wildman–Crippen LogP) is 1.65. The van der Waals surface area contributed by atoms with Crippen molar-refractivity contribution in [1.82, 2.24) is 16.0 Å². The highest BCUT2D eigenvalue weighted by Crippen LogP contribution is 2.17. The second kappa shape index (κ2) is 10.4. The van der Waals surface area contributed by atoms with Gasteiger partial charge in [-0.3, -0.25) is 19.7 Å². The van der Waals surface area contributed by atoms with Gasteiger partial charge in [-0.25, -0.2) is 9.18 Å². The summed E-state index contributed by atoms with van der Waals surface area (Å²) in [6.07, 6.45) is 3.77. The lowest BCUT2D eigenvalue weighted by atomic mass is 9.96. The maximum absolute atomic E-state index is 12.8. The SMILES string of the molecule is C[C@H](OC(=O)CNC(=O)c1ccc(F)cc1)C(=O)NC(=O)NC1CCCCC1. The van der Waals surface area contributed by atoms with Gasteiger partial charge in [0.2, 0.25) is 0 Å². The van der Waals surface area contributed by atoms with Gasteiger partial charge in [-0.05, 0) is 44.0 Å². The number of urea groups is 1. The minimum absolute atomic E-state index is 0.0427. The summed E-state index contributed by atoms with van der Waals surface area (Å²) in [5.74, 6) is -2.67. The van der Waals surface area contributed by atoms with Crippen molar-refractivity contribution in [3.63, 3.8) is 0 Å². The van der Waals surface area contributed by atoms with Crippen molar-refractivity contribution < 1.29 is 28.3 Å². The van der Waals surface area contributed by atoms with Crippen LogP contribution in [0.15, 0.2) is 24.3 Å². The van der Waals surface area contributed by atoms with Crippen LogP contribution in [-0.4, -0.2) is 42.5 Å². The van der Waals surface area contributed by atoms with Gasteiger partial charge < -0.3 is 15.4 Å². The molecule has 0 unspecified atom stereocenters. The number of hydrogen-bond donors (Lipinski definition) is 3. The molecule has 0 heterocycles. The van der Waals surface area contributed by atoms with Crippen molar-refractivity contribution in [2.24, 2.45) is 0 Å². The van der Waals surface area contributed by atoms with E-state index in [1.165, 1.54) is 19.1 Å². The van der Waals surface area contributed by atoms with Crippen molar-refractivity contribution >= 4 is 23.8 Å². The number of ether oxygens (including phenoxy) is 1. The maximum Gasteiger partial charge on any atom is 0.326 e. The Morgan fingerprint density at radius 1 is 1.11 bits per heavy atom. The van der Waals surface area contributed by atoms with Crippen LogP contribution in [0.5, 0.6) is 0 Å². The molecule has 9 heteroatoms. The smallest absolute Gasteiger partial charge is 0.326 e. The zero-order chi connectivity index (χ0) is 20.5. The van der Waals surface area contributed by atoms with Crippen LogP contribution in [0.4, 0.5) is 9.18 Å². The van der Waals surface area contributed by atoms with E-state index in [0.717, 1.165) is 44.2 Å². The lowest BCUT2D eigenvalue weighted by molar-refractivity contribution is -0.153. The molecule has 1 aliphatic rings. The van der Waals surface area contributed by atoms with Crippen LogP contribution in [0.3, 0.4) is 0 Å². The predicted molar refractivity (Wildman–Crippen MR) is 97.8 cm³/mol. The highest BCUT2D eigenvalue weighted by Gasteiger charge is 2.22. The topological polar surface area (TPSA) is 114 Å². The first-order valence-corrected chi connectivity index (χ1v) is 9.19. The van der Waals surface area contributed by atoms with Crippen LogP contribution >= 0.6 is 0 Å². The quantitative estimate of drug-likeness (QED) is 0.636. The van der Waals surface area contributed by atoms with Crippen LogP contribution in [0.25, 0.3) is 0 Å². The van der Waals surface area contributed by atoms with E-state index in [-0.39, 0.29) is 11.6 Å². The summed E-state index contributed by atoms with van der Waals surface area (Å²) >= 11 is 0. The van der Waals surface area contributed by atoms with Gasteiger partial charge in [0, 0.05) is 11.6 Å². The molecule has 8 nitrogen and oxygen atoms in total. The second-order valence-electron chi connectivity index (χ2n) is 6.62. The number of nitrogens with one attached hydrogen (secondary N) is 3. The fraction of sp³-hybridized carbons (Fsp3) is 0.474. The lowest BCUT2D eigenvalue weighted by Gasteiger charge is -2.23. The fourth-order valence-electron chi connectivity index (χ4n) is 2.83. The molecule has 1 fully saturated rings. The number of amides is 4. The molecule has 0 aliphatic heterocycles. The molecule has 1 saturated carbocycles. The molecule has 1 atom stereocenters. The molecule has 28 heavy (non-hydrogen) atoms. The largest absolute Gasteiger partial charge is 0.451 e. The third kappa shape index (κ3) is 6.98. The molecular weight excluding hydrogens is 369 g/mol. The summed E-state index contributed by atoms with van der Waals surface area (Å²) in [5.41, 5.74) is 0.180. The first-order chi connectivity index (χ1) is 13.3. The molecule has 1 aromatic carbocycles.